The van der Waals surface area contributed by atoms with Crippen LogP contribution in [0.5, 0.6) is 0 Å². The molecular formula is C22H14F2N4. The lowest BCUT2D eigenvalue weighted by Crippen LogP contribution is -2.04. The second-order valence-electron chi connectivity index (χ2n) is 6.89. The van der Waals surface area contributed by atoms with Crippen LogP contribution in [0.25, 0.3) is 32.9 Å². The van der Waals surface area contributed by atoms with Gasteiger partial charge in [-0.1, -0.05) is 30.2 Å². The normalized spacial score (nSPS) is 13.8. The quantitative estimate of drug-likeness (QED) is 0.524. The predicted octanol–water partition coefficient (Wildman–Crippen LogP) is 4.56. The molecule has 1 aliphatic rings. The van der Waals surface area contributed by atoms with Gasteiger partial charge in [-0.25, -0.2) is 23.7 Å². The van der Waals surface area contributed by atoms with Crippen LogP contribution in [0.1, 0.15) is 30.0 Å². The van der Waals surface area contributed by atoms with E-state index < -0.39 is 11.6 Å². The lowest BCUT2D eigenvalue weighted by atomic mass is 9.95. The van der Waals surface area contributed by atoms with Gasteiger partial charge in [0.15, 0.2) is 5.82 Å². The van der Waals surface area contributed by atoms with Gasteiger partial charge in [-0.3, -0.25) is 0 Å². The molecule has 0 saturated heterocycles. The molecule has 0 amide bonds. The molecule has 2 heterocycles. The minimum absolute atomic E-state index is 0.0876. The molecule has 0 bridgehead atoms. The van der Waals surface area contributed by atoms with E-state index in [0.717, 1.165) is 12.8 Å². The number of pyridine rings is 1. The lowest BCUT2D eigenvalue weighted by molar-refractivity contribution is 0.626. The number of halogens is 2. The van der Waals surface area contributed by atoms with Crippen LogP contribution in [0, 0.1) is 24.0 Å². The van der Waals surface area contributed by atoms with Crippen LogP contribution >= 0.6 is 0 Å². The molecule has 2 aromatic carbocycles. The Hall–Kier alpha value is -3.59. The minimum Gasteiger partial charge on any atom is -0.383 e. The Labute approximate surface area is 159 Å². The first-order valence-electron chi connectivity index (χ1n) is 8.88. The number of hydrogen-bond donors (Lipinski definition) is 1. The fourth-order valence-electron chi connectivity index (χ4n) is 3.68. The van der Waals surface area contributed by atoms with Crippen molar-refractivity contribution in [3.8, 4) is 23.6 Å². The van der Waals surface area contributed by atoms with Gasteiger partial charge in [-0.15, -0.1) is 6.42 Å². The highest BCUT2D eigenvalue weighted by Gasteiger charge is 2.31. The van der Waals surface area contributed by atoms with E-state index in [1.54, 1.807) is 24.3 Å². The molecule has 1 fully saturated rings. The third kappa shape index (κ3) is 2.33. The summed E-state index contributed by atoms with van der Waals surface area (Å²) < 4.78 is 29.9. The summed E-state index contributed by atoms with van der Waals surface area (Å²) in [6.07, 6.45) is 8.68. The average Bonchev–Trinajstić information content (AvgIpc) is 3.54. The molecule has 6 heteroatoms. The Kier molecular flexibility index (Phi) is 3.53. The third-order valence-corrected chi connectivity index (χ3v) is 5.14. The van der Waals surface area contributed by atoms with Gasteiger partial charge < -0.3 is 5.73 Å². The van der Waals surface area contributed by atoms with Crippen molar-refractivity contribution in [3.05, 3.63) is 59.6 Å². The fourth-order valence-corrected chi connectivity index (χ4v) is 3.68. The molecule has 2 N–H and O–H groups in total. The largest absolute Gasteiger partial charge is 0.383 e. The van der Waals surface area contributed by atoms with Gasteiger partial charge in [0.25, 0.3) is 0 Å². The number of nitrogen functional groups attached to an aromatic ring is 1. The van der Waals surface area contributed by atoms with Crippen LogP contribution in [0.2, 0.25) is 0 Å². The van der Waals surface area contributed by atoms with Crippen LogP contribution in [0.3, 0.4) is 0 Å². The zero-order valence-electron chi connectivity index (χ0n) is 14.7. The van der Waals surface area contributed by atoms with E-state index in [-0.39, 0.29) is 28.5 Å². The first-order valence-corrected chi connectivity index (χ1v) is 8.88. The van der Waals surface area contributed by atoms with E-state index in [4.69, 9.17) is 12.2 Å². The van der Waals surface area contributed by atoms with Gasteiger partial charge in [0.2, 0.25) is 0 Å². The number of nitrogens with zero attached hydrogens (tertiary/aromatic N) is 3. The summed E-state index contributed by atoms with van der Waals surface area (Å²) in [6, 6.07) is 8.21. The summed E-state index contributed by atoms with van der Waals surface area (Å²) in [5.41, 5.74) is 7.42. The van der Waals surface area contributed by atoms with E-state index in [9.17, 15) is 4.39 Å². The van der Waals surface area contributed by atoms with Crippen molar-refractivity contribution in [1.82, 2.24) is 15.0 Å². The summed E-state index contributed by atoms with van der Waals surface area (Å²) in [4.78, 5) is 12.7. The molecular weight excluding hydrogens is 358 g/mol. The van der Waals surface area contributed by atoms with Crippen LogP contribution < -0.4 is 5.73 Å². The Bertz CT molecular complexity index is 1320. The van der Waals surface area contributed by atoms with Crippen molar-refractivity contribution in [2.75, 3.05) is 5.73 Å². The van der Waals surface area contributed by atoms with Crippen molar-refractivity contribution >= 4 is 27.5 Å². The maximum Gasteiger partial charge on any atom is 0.175 e. The van der Waals surface area contributed by atoms with Crippen LogP contribution in [-0.4, -0.2) is 15.0 Å². The summed E-state index contributed by atoms with van der Waals surface area (Å²) in [5, 5.41) is 1.62. The SMILES string of the molecule is C#Cc1c(F)ccc2cccc(-c3nc(C4CC4)c4c(N)ncnc4c3F)c12. The van der Waals surface area contributed by atoms with E-state index in [1.807, 2.05) is 0 Å². The standard InChI is InChI=1S/C22H14F2N4/c1-2-13-15(23)9-8-11-4-3-5-14(16(11)13)20-18(24)21-17(22(25)27-10-26-21)19(28-20)12-6-7-12/h1,3-5,8-10,12H,6-7H2,(H2,25,26,27). The fraction of sp³-hybridized carbons (Fsp3) is 0.136. The molecule has 28 heavy (non-hydrogen) atoms. The molecule has 0 unspecified atom stereocenters. The molecule has 2 aromatic heterocycles. The Balaban J connectivity index is 1.93. The number of hydrogen-bond acceptors (Lipinski definition) is 4. The minimum atomic E-state index is -0.617. The smallest absolute Gasteiger partial charge is 0.175 e. The topological polar surface area (TPSA) is 64.7 Å². The van der Waals surface area contributed by atoms with Crippen LogP contribution in [0.4, 0.5) is 14.6 Å². The number of benzene rings is 2. The third-order valence-electron chi connectivity index (χ3n) is 5.14. The van der Waals surface area contributed by atoms with Gasteiger partial charge >= 0.3 is 0 Å². The zero-order valence-corrected chi connectivity index (χ0v) is 14.7. The number of anilines is 1. The number of fused-ring (bicyclic) bond motifs is 2. The molecule has 1 saturated carbocycles. The van der Waals surface area contributed by atoms with E-state index in [2.05, 4.69) is 20.9 Å². The zero-order chi connectivity index (χ0) is 19.4. The number of rotatable bonds is 2. The molecule has 4 nitrogen and oxygen atoms in total. The second kappa shape index (κ2) is 5.96. The first kappa shape index (κ1) is 16.6. The maximum absolute atomic E-state index is 15.5. The summed E-state index contributed by atoms with van der Waals surface area (Å²) in [7, 11) is 0. The van der Waals surface area contributed by atoms with Crippen molar-refractivity contribution < 1.29 is 8.78 Å². The Morgan fingerprint density at radius 3 is 2.64 bits per heavy atom. The van der Waals surface area contributed by atoms with Crippen molar-refractivity contribution in [2.24, 2.45) is 0 Å². The van der Waals surface area contributed by atoms with Gasteiger partial charge in [0.05, 0.1) is 16.6 Å². The molecule has 136 valence electrons. The van der Waals surface area contributed by atoms with E-state index >= 15 is 4.39 Å². The molecule has 4 aromatic rings. The van der Waals surface area contributed by atoms with Crippen LogP contribution in [0.15, 0.2) is 36.7 Å². The van der Waals surface area contributed by atoms with Gasteiger partial charge in [-0.2, -0.15) is 0 Å². The molecule has 5 rings (SSSR count). The van der Waals surface area contributed by atoms with E-state index in [0.29, 0.717) is 27.4 Å². The number of nitrogens with two attached hydrogens (primary N) is 1. The highest BCUT2D eigenvalue weighted by molar-refractivity contribution is 6.02. The first-order chi connectivity index (χ1) is 13.6. The second-order valence-corrected chi connectivity index (χ2v) is 6.89. The Morgan fingerprint density at radius 1 is 1.07 bits per heavy atom. The molecule has 0 radical (unpaired) electrons. The lowest BCUT2D eigenvalue weighted by Gasteiger charge is -2.14. The molecule has 0 aliphatic heterocycles. The summed E-state index contributed by atoms with van der Waals surface area (Å²) in [6.45, 7) is 0. The van der Waals surface area contributed by atoms with E-state index in [1.165, 1.54) is 12.4 Å². The van der Waals surface area contributed by atoms with Crippen molar-refractivity contribution in [1.29, 1.82) is 0 Å². The number of terminal acetylenes is 1. The molecule has 1 aliphatic carbocycles. The Morgan fingerprint density at radius 2 is 1.89 bits per heavy atom. The van der Waals surface area contributed by atoms with Crippen LogP contribution in [-0.2, 0) is 0 Å². The van der Waals surface area contributed by atoms with Gasteiger partial charge in [-0.05, 0) is 24.3 Å². The molecule has 0 atom stereocenters. The van der Waals surface area contributed by atoms with Gasteiger partial charge in [0.1, 0.15) is 29.2 Å². The summed E-state index contributed by atoms with van der Waals surface area (Å²) in [5.74, 6) is 1.64. The highest BCUT2D eigenvalue weighted by atomic mass is 19.1. The predicted molar refractivity (Wildman–Crippen MR) is 105 cm³/mol. The average molecular weight is 372 g/mol. The monoisotopic (exact) mass is 372 g/mol. The van der Waals surface area contributed by atoms with Crippen molar-refractivity contribution in [2.45, 2.75) is 18.8 Å². The highest BCUT2D eigenvalue weighted by Crippen LogP contribution is 2.45. The van der Waals surface area contributed by atoms with Crippen molar-refractivity contribution in [3.63, 3.8) is 0 Å². The van der Waals surface area contributed by atoms with Gasteiger partial charge in [0, 0.05) is 16.9 Å². The maximum atomic E-state index is 15.5. The number of aromatic nitrogens is 3. The summed E-state index contributed by atoms with van der Waals surface area (Å²) >= 11 is 0. The molecule has 0 spiro atoms.